The molecule has 1 heterocycles. The molecule has 1 amide bonds. The number of benzene rings is 1. The molecule has 4 rings (SSSR count). The molecule has 128 valence electrons. The lowest BCUT2D eigenvalue weighted by molar-refractivity contribution is -0.110. The van der Waals surface area contributed by atoms with Crippen LogP contribution in [0.3, 0.4) is 0 Å². The van der Waals surface area contributed by atoms with Gasteiger partial charge in [0, 0.05) is 16.7 Å². The van der Waals surface area contributed by atoms with Gasteiger partial charge in [-0.1, -0.05) is 39.0 Å². The molecule has 3 atom stereocenters. The predicted molar refractivity (Wildman–Crippen MR) is 105 cm³/mol. The summed E-state index contributed by atoms with van der Waals surface area (Å²) < 4.78 is 0. The Labute approximate surface area is 153 Å². The fraction of sp³-hybridized carbons (Fsp3) is 0.429. The molecule has 1 N–H and O–H groups in total. The van der Waals surface area contributed by atoms with Crippen molar-refractivity contribution in [1.82, 2.24) is 0 Å². The summed E-state index contributed by atoms with van der Waals surface area (Å²) in [5, 5.41) is 5.63. The molecule has 1 saturated carbocycles. The number of anilines is 1. The molecule has 0 saturated heterocycles. The van der Waals surface area contributed by atoms with Crippen LogP contribution >= 0.6 is 12.2 Å². The van der Waals surface area contributed by atoms with Crippen molar-refractivity contribution in [3.05, 3.63) is 47.6 Å². The number of thiocarbonyl (C=S) groups is 1. The first-order chi connectivity index (χ1) is 11.8. The number of nitrogens with one attached hydrogen (secondary N) is 1. The van der Waals surface area contributed by atoms with E-state index in [-0.39, 0.29) is 28.7 Å². The molecule has 0 spiro atoms. The van der Waals surface area contributed by atoms with Gasteiger partial charge in [-0.3, -0.25) is 4.79 Å². The lowest BCUT2D eigenvalue weighted by Gasteiger charge is -2.50. The number of isothiocyanates is 1. The third-order valence-corrected chi connectivity index (χ3v) is 6.66. The van der Waals surface area contributed by atoms with Crippen molar-refractivity contribution >= 4 is 34.5 Å². The third kappa shape index (κ3) is 2.01. The van der Waals surface area contributed by atoms with Crippen molar-refractivity contribution < 1.29 is 4.79 Å². The van der Waals surface area contributed by atoms with Crippen molar-refractivity contribution in [2.75, 3.05) is 5.32 Å². The largest absolute Gasteiger partial charge is 0.321 e. The highest BCUT2D eigenvalue weighted by molar-refractivity contribution is 7.78. The van der Waals surface area contributed by atoms with Crippen LogP contribution in [0.4, 0.5) is 5.69 Å². The van der Waals surface area contributed by atoms with Crippen LogP contribution in [0, 0.1) is 11.3 Å². The molecule has 2 aliphatic carbocycles. The van der Waals surface area contributed by atoms with Crippen LogP contribution in [-0.4, -0.2) is 17.1 Å². The van der Waals surface area contributed by atoms with Crippen LogP contribution in [-0.2, 0) is 10.2 Å². The average molecular weight is 350 g/mol. The van der Waals surface area contributed by atoms with E-state index in [4.69, 9.17) is 12.2 Å². The number of hydrogen-bond donors (Lipinski definition) is 1. The zero-order valence-corrected chi connectivity index (χ0v) is 15.7. The highest BCUT2D eigenvalue weighted by atomic mass is 32.1. The van der Waals surface area contributed by atoms with Crippen molar-refractivity contribution in [1.29, 1.82) is 0 Å². The average Bonchev–Trinajstić information content (AvgIpc) is 2.91. The number of hydrogen-bond acceptors (Lipinski definition) is 3. The Balaban J connectivity index is 2.09. The Morgan fingerprint density at radius 2 is 2.16 bits per heavy atom. The maximum atomic E-state index is 12.9. The van der Waals surface area contributed by atoms with Gasteiger partial charge in [0.2, 0.25) is 0 Å². The van der Waals surface area contributed by atoms with E-state index in [0.717, 1.165) is 35.2 Å². The van der Waals surface area contributed by atoms with E-state index in [1.165, 1.54) is 5.56 Å². The van der Waals surface area contributed by atoms with Crippen LogP contribution in [0.15, 0.2) is 41.4 Å². The number of carbonyl (C=O) groups excluding carboxylic acids is 1. The number of carbonyl (C=O) groups is 1. The van der Waals surface area contributed by atoms with E-state index in [1.54, 1.807) is 0 Å². The highest BCUT2D eigenvalue weighted by Gasteiger charge is 2.53. The summed E-state index contributed by atoms with van der Waals surface area (Å²) in [6.07, 6.45) is 3.96. The summed E-state index contributed by atoms with van der Waals surface area (Å²) in [6.45, 7) is 10.8. The topological polar surface area (TPSA) is 41.5 Å². The first kappa shape index (κ1) is 16.4. The molecule has 0 bridgehead atoms. The standard InChI is InChI=1S/C21H22N2OS/c1-5-21(4)10-9-13-16(18(21)22-11-25)17-15-12(20(13,2)3)7-6-8-14(15)23-19(17)24/h5-8,13,18H,1,9-10H2,2-4H3,(H,23,24)/t13-,18-,21-/m0/s1. The van der Waals surface area contributed by atoms with Gasteiger partial charge >= 0.3 is 0 Å². The van der Waals surface area contributed by atoms with Crippen molar-refractivity contribution in [3.63, 3.8) is 0 Å². The number of amides is 1. The van der Waals surface area contributed by atoms with Gasteiger partial charge in [-0.05, 0) is 53.6 Å². The first-order valence-corrected chi connectivity index (χ1v) is 9.16. The van der Waals surface area contributed by atoms with Crippen LogP contribution in [0.1, 0.15) is 44.7 Å². The molecule has 1 aromatic rings. The summed E-state index contributed by atoms with van der Waals surface area (Å²) in [6, 6.07) is 6.00. The third-order valence-electron chi connectivity index (χ3n) is 6.56. The van der Waals surface area contributed by atoms with E-state index >= 15 is 0 Å². The summed E-state index contributed by atoms with van der Waals surface area (Å²) in [4.78, 5) is 17.4. The summed E-state index contributed by atoms with van der Waals surface area (Å²) in [5.41, 5.74) is 4.87. The van der Waals surface area contributed by atoms with Crippen LogP contribution in [0.5, 0.6) is 0 Å². The number of aliphatic imine (C=N–C) groups is 1. The van der Waals surface area contributed by atoms with E-state index in [1.807, 2.05) is 18.2 Å². The second-order valence-electron chi connectivity index (χ2n) is 8.16. The minimum atomic E-state index is -0.212. The summed E-state index contributed by atoms with van der Waals surface area (Å²) >= 11 is 4.96. The van der Waals surface area contributed by atoms with E-state index in [2.05, 4.69) is 48.9 Å². The van der Waals surface area contributed by atoms with Gasteiger partial charge in [0.25, 0.3) is 5.91 Å². The van der Waals surface area contributed by atoms with Gasteiger partial charge in [-0.15, -0.1) is 6.58 Å². The van der Waals surface area contributed by atoms with E-state index in [9.17, 15) is 4.79 Å². The van der Waals surface area contributed by atoms with E-state index < -0.39 is 0 Å². The van der Waals surface area contributed by atoms with Crippen molar-refractivity contribution in [2.45, 2.75) is 45.1 Å². The maximum absolute atomic E-state index is 12.9. The molecular formula is C21H22N2OS. The Hall–Kier alpha value is -2.03. The molecular weight excluding hydrogens is 328 g/mol. The summed E-state index contributed by atoms with van der Waals surface area (Å²) in [7, 11) is 0. The van der Waals surface area contributed by atoms with Crippen LogP contribution in [0.2, 0.25) is 0 Å². The van der Waals surface area contributed by atoms with Gasteiger partial charge in [-0.2, -0.15) is 0 Å². The Kier molecular flexibility index (Phi) is 3.44. The summed E-state index contributed by atoms with van der Waals surface area (Å²) in [5.74, 6) is 0.245. The van der Waals surface area contributed by atoms with Gasteiger partial charge in [0.15, 0.2) is 0 Å². The van der Waals surface area contributed by atoms with Gasteiger partial charge in [0.1, 0.15) is 0 Å². The normalized spacial score (nSPS) is 31.6. The molecule has 1 aliphatic heterocycles. The zero-order chi connectivity index (χ0) is 18.0. The van der Waals surface area contributed by atoms with Crippen molar-refractivity contribution in [2.24, 2.45) is 16.3 Å². The number of fused-ring (bicyclic) bond motifs is 1. The number of rotatable bonds is 2. The SMILES string of the molecule is C=C[C@@]1(C)CC[C@H]2C(=C3C(=O)Nc4cccc(c43)C2(C)C)[C@@H]1N=C=S. The molecule has 3 aliphatic rings. The zero-order valence-electron chi connectivity index (χ0n) is 14.8. The Morgan fingerprint density at radius 3 is 2.84 bits per heavy atom. The molecule has 0 aromatic heterocycles. The fourth-order valence-electron chi connectivity index (χ4n) is 5.06. The predicted octanol–water partition coefficient (Wildman–Crippen LogP) is 4.76. The van der Waals surface area contributed by atoms with Crippen LogP contribution in [0.25, 0.3) is 5.57 Å². The second kappa shape index (κ2) is 5.23. The molecule has 0 radical (unpaired) electrons. The Morgan fingerprint density at radius 1 is 1.40 bits per heavy atom. The van der Waals surface area contributed by atoms with Crippen LogP contribution < -0.4 is 5.32 Å². The molecule has 25 heavy (non-hydrogen) atoms. The molecule has 1 fully saturated rings. The minimum absolute atomic E-state index is 0.0177. The van der Waals surface area contributed by atoms with Gasteiger partial charge < -0.3 is 5.32 Å². The minimum Gasteiger partial charge on any atom is -0.321 e. The van der Waals surface area contributed by atoms with Gasteiger partial charge in [-0.25, -0.2) is 4.99 Å². The molecule has 1 aromatic carbocycles. The molecule has 3 nitrogen and oxygen atoms in total. The monoisotopic (exact) mass is 350 g/mol. The lowest BCUT2D eigenvalue weighted by atomic mass is 9.53. The molecule has 0 unspecified atom stereocenters. The van der Waals surface area contributed by atoms with E-state index in [0.29, 0.717) is 0 Å². The lowest BCUT2D eigenvalue weighted by Crippen LogP contribution is -2.47. The second-order valence-corrected chi connectivity index (χ2v) is 8.34. The quantitative estimate of drug-likeness (QED) is 0.475. The smallest absolute Gasteiger partial charge is 0.256 e. The number of nitrogens with zero attached hydrogens (tertiary/aromatic N) is 1. The Bertz CT molecular complexity index is 891. The molecule has 4 heteroatoms. The van der Waals surface area contributed by atoms with Crippen molar-refractivity contribution in [3.8, 4) is 0 Å². The fourth-order valence-corrected chi connectivity index (χ4v) is 5.17. The first-order valence-electron chi connectivity index (χ1n) is 8.75. The maximum Gasteiger partial charge on any atom is 0.256 e. The highest BCUT2D eigenvalue weighted by Crippen LogP contribution is 2.59. The van der Waals surface area contributed by atoms with Gasteiger partial charge in [0.05, 0.1) is 16.8 Å².